The average molecular weight is 269 g/mol. The number of rotatable bonds is 2. The lowest BCUT2D eigenvalue weighted by Crippen LogP contribution is -2.39. The van der Waals surface area contributed by atoms with Gasteiger partial charge in [-0.25, -0.2) is 9.59 Å². The van der Waals surface area contributed by atoms with Crippen LogP contribution in [-0.2, 0) is 14.3 Å². The van der Waals surface area contributed by atoms with Crippen molar-refractivity contribution < 1.29 is 19.1 Å². The van der Waals surface area contributed by atoms with E-state index in [-0.39, 0.29) is 5.97 Å². The van der Waals surface area contributed by atoms with Crippen molar-refractivity contribution in [3.05, 3.63) is 11.3 Å². The Morgan fingerprint density at radius 1 is 1.32 bits per heavy atom. The summed E-state index contributed by atoms with van der Waals surface area (Å²) in [6, 6.07) is 0. The van der Waals surface area contributed by atoms with Crippen molar-refractivity contribution >= 4 is 12.1 Å². The molecule has 1 heterocycles. The van der Waals surface area contributed by atoms with Crippen LogP contribution < -0.4 is 0 Å². The number of amides is 1. The second kappa shape index (κ2) is 6.08. The van der Waals surface area contributed by atoms with Gasteiger partial charge in [0, 0.05) is 12.2 Å². The normalized spacial score (nSPS) is 16.4. The highest BCUT2D eigenvalue weighted by molar-refractivity contribution is 5.90. The topological polar surface area (TPSA) is 55.8 Å². The van der Waals surface area contributed by atoms with E-state index in [0.29, 0.717) is 30.8 Å². The molecule has 0 aromatic rings. The molecule has 1 aliphatic heterocycles. The average Bonchev–Trinajstić information content (AvgIpc) is 2.27. The summed E-state index contributed by atoms with van der Waals surface area (Å²) >= 11 is 0. The molecule has 1 aliphatic rings. The highest BCUT2D eigenvalue weighted by Crippen LogP contribution is 2.25. The van der Waals surface area contributed by atoms with E-state index in [9.17, 15) is 9.59 Å². The van der Waals surface area contributed by atoms with Gasteiger partial charge in [-0.2, -0.15) is 0 Å². The maximum atomic E-state index is 12.1. The summed E-state index contributed by atoms with van der Waals surface area (Å²) in [5.74, 6) is -0.340. The number of allylic oxidation sites excluding steroid dienone is 1. The van der Waals surface area contributed by atoms with Gasteiger partial charge in [-0.1, -0.05) is 0 Å². The Morgan fingerprint density at radius 3 is 2.47 bits per heavy atom. The van der Waals surface area contributed by atoms with E-state index in [4.69, 9.17) is 9.47 Å². The number of nitrogens with zero attached hydrogens (tertiary/aromatic N) is 1. The van der Waals surface area contributed by atoms with Gasteiger partial charge in [0.05, 0.1) is 12.2 Å². The van der Waals surface area contributed by atoms with Crippen molar-refractivity contribution in [3.8, 4) is 0 Å². The zero-order valence-corrected chi connectivity index (χ0v) is 12.4. The van der Waals surface area contributed by atoms with Crippen LogP contribution in [0.25, 0.3) is 0 Å². The molecule has 0 aromatic carbocycles. The Labute approximate surface area is 114 Å². The van der Waals surface area contributed by atoms with E-state index in [0.717, 1.165) is 6.42 Å². The van der Waals surface area contributed by atoms with Crippen molar-refractivity contribution in [2.24, 2.45) is 0 Å². The summed E-state index contributed by atoms with van der Waals surface area (Å²) in [5.41, 5.74) is 0.664. The van der Waals surface area contributed by atoms with Gasteiger partial charge in [0.15, 0.2) is 0 Å². The fourth-order valence-electron chi connectivity index (χ4n) is 1.94. The van der Waals surface area contributed by atoms with E-state index < -0.39 is 11.7 Å². The van der Waals surface area contributed by atoms with Crippen LogP contribution in [-0.4, -0.2) is 35.7 Å². The molecule has 0 N–H and O–H groups in total. The van der Waals surface area contributed by atoms with Crippen LogP contribution in [0.2, 0.25) is 0 Å². The zero-order chi connectivity index (χ0) is 14.6. The predicted octanol–water partition coefficient (Wildman–Crippen LogP) is 2.85. The molecule has 0 unspecified atom stereocenters. The molecule has 1 amide bonds. The molecule has 5 nitrogen and oxygen atoms in total. The lowest BCUT2D eigenvalue weighted by atomic mass is 10.0. The first kappa shape index (κ1) is 15.5. The van der Waals surface area contributed by atoms with Gasteiger partial charge in [0.2, 0.25) is 0 Å². The summed E-state index contributed by atoms with van der Waals surface area (Å²) in [7, 11) is 0. The van der Waals surface area contributed by atoms with E-state index in [1.165, 1.54) is 4.90 Å². The Hall–Kier alpha value is -1.52. The molecule has 5 heteroatoms. The number of hydrogen-bond acceptors (Lipinski definition) is 4. The van der Waals surface area contributed by atoms with Crippen LogP contribution in [0.15, 0.2) is 11.3 Å². The minimum Gasteiger partial charge on any atom is -0.463 e. The fraction of sp³-hybridized carbons (Fsp3) is 0.714. The molecule has 1 rings (SSSR count). The van der Waals surface area contributed by atoms with E-state index in [1.807, 2.05) is 20.8 Å². The first-order valence-electron chi connectivity index (χ1n) is 6.63. The van der Waals surface area contributed by atoms with Gasteiger partial charge in [-0.15, -0.1) is 0 Å². The van der Waals surface area contributed by atoms with E-state index in [2.05, 4.69) is 0 Å². The van der Waals surface area contributed by atoms with Crippen molar-refractivity contribution in [1.29, 1.82) is 0 Å². The van der Waals surface area contributed by atoms with Crippen molar-refractivity contribution in [2.45, 2.75) is 53.1 Å². The first-order valence-corrected chi connectivity index (χ1v) is 6.63. The lowest BCUT2D eigenvalue weighted by molar-refractivity contribution is -0.139. The number of esters is 1. The number of ether oxygens (including phenoxy) is 2. The SMILES string of the molecule is CCOC(=O)C1=C(C)N(C(=O)OC(C)(C)C)CCC1. The summed E-state index contributed by atoms with van der Waals surface area (Å²) < 4.78 is 10.3. The summed E-state index contributed by atoms with van der Waals surface area (Å²) in [4.78, 5) is 25.4. The lowest BCUT2D eigenvalue weighted by Gasteiger charge is -2.31. The number of carbonyl (C=O) groups is 2. The molecular formula is C14H23NO4. The zero-order valence-electron chi connectivity index (χ0n) is 12.4. The quantitative estimate of drug-likeness (QED) is 0.723. The highest BCUT2D eigenvalue weighted by atomic mass is 16.6. The minimum atomic E-state index is -0.543. The van der Waals surface area contributed by atoms with Crippen LogP contribution in [0, 0.1) is 0 Å². The second-order valence-corrected chi connectivity index (χ2v) is 5.52. The van der Waals surface area contributed by atoms with Gasteiger partial charge < -0.3 is 9.47 Å². The summed E-state index contributed by atoms with van der Waals surface area (Å²) in [6.07, 6.45) is 0.973. The van der Waals surface area contributed by atoms with Crippen LogP contribution in [0.3, 0.4) is 0 Å². The predicted molar refractivity (Wildman–Crippen MR) is 71.5 cm³/mol. The molecule has 0 saturated carbocycles. The van der Waals surface area contributed by atoms with Gasteiger partial charge in [0.1, 0.15) is 5.60 Å². The third-order valence-electron chi connectivity index (χ3n) is 2.79. The maximum absolute atomic E-state index is 12.1. The van der Waals surface area contributed by atoms with Gasteiger partial charge in [-0.05, 0) is 47.5 Å². The molecule has 0 radical (unpaired) electrons. The summed E-state index contributed by atoms with van der Waals surface area (Å²) in [6.45, 7) is 9.89. The smallest absolute Gasteiger partial charge is 0.414 e. The Balaban J connectivity index is 2.88. The Morgan fingerprint density at radius 2 is 1.95 bits per heavy atom. The standard InChI is InChI=1S/C14H23NO4/c1-6-18-12(16)11-8-7-9-15(10(11)2)13(17)19-14(3,4)5/h6-9H2,1-5H3. The van der Waals surface area contributed by atoms with Crippen LogP contribution in [0.5, 0.6) is 0 Å². The van der Waals surface area contributed by atoms with Crippen molar-refractivity contribution in [1.82, 2.24) is 4.90 Å². The number of carbonyl (C=O) groups excluding carboxylic acids is 2. The summed E-state index contributed by atoms with van der Waals surface area (Å²) in [5, 5.41) is 0. The van der Waals surface area contributed by atoms with Crippen LogP contribution in [0.4, 0.5) is 4.79 Å². The molecule has 19 heavy (non-hydrogen) atoms. The van der Waals surface area contributed by atoms with Crippen molar-refractivity contribution in [3.63, 3.8) is 0 Å². The largest absolute Gasteiger partial charge is 0.463 e. The molecular weight excluding hydrogens is 246 g/mol. The molecule has 0 fully saturated rings. The number of hydrogen-bond donors (Lipinski definition) is 0. The monoisotopic (exact) mass is 269 g/mol. The third-order valence-corrected chi connectivity index (χ3v) is 2.79. The molecule has 108 valence electrons. The maximum Gasteiger partial charge on any atom is 0.414 e. The minimum absolute atomic E-state index is 0.335. The Kier molecular flexibility index (Phi) is 4.97. The molecule has 0 spiro atoms. The third kappa shape index (κ3) is 4.26. The van der Waals surface area contributed by atoms with Crippen LogP contribution in [0.1, 0.15) is 47.5 Å². The van der Waals surface area contributed by atoms with Gasteiger partial charge >= 0.3 is 12.1 Å². The first-order chi connectivity index (χ1) is 8.76. The van der Waals surface area contributed by atoms with Crippen molar-refractivity contribution in [2.75, 3.05) is 13.2 Å². The molecule has 0 aliphatic carbocycles. The Bertz CT molecular complexity index is 393. The highest BCUT2D eigenvalue weighted by Gasteiger charge is 2.29. The molecule has 0 aromatic heterocycles. The van der Waals surface area contributed by atoms with E-state index >= 15 is 0 Å². The van der Waals surface area contributed by atoms with E-state index in [1.54, 1.807) is 13.8 Å². The molecule has 0 atom stereocenters. The van der Waals surface area contributed by atoms with Gasteiger partial charge in [0.25, 0.3) is 0 Å². The van der Waals surface area contributed by atoms with Crippen LogP contribution >= 0.6 is 0 Å². The fourth-order valence-corrected chi connectivity index (χ4v) is 1.94. The van der Waals surface area contributed by atoms with Gasteiger partial charge in [-0.3, -0.25) is 4.90 Å². The molecule has 0 bridgehead atoms. The molecule has 0 saturated heterocycles. The second-order valence-electron chi connectivity index (χ2n) is 5.52.